The Morgan fingerprint density at radius 3 is 1.75 bits per heavy atom. The van der Waals surface area contributed by atoms with Crippen LogP contribution >= 0.6 is 0 Å². The lowest BCUT2D eigenvalue weighted by atomic mass is 10.5. The Labute approximate surface area is 58.0 Å². The first-order chi connectivity index (χ1) is 3.06. The molecule has 2 heteroatoms. The molecule has 0 amide bonds. The third-order valence-electron chi connectivity index (χ3n) is 0.677. The number of hydrogen-bond donors (Lipinski definition) is 0. The van der Waals surface area contributed by atoms with E-state index in [4.69, 9.17) is 0 Å². The normalized spacial score (nSPS) is 9.88. The van der Waals surface area contributed by atoms with E-state index in [1.54, 1.807) is 0 Å². The van der Waals surface area contributed by atoms with Gasteiger partial charge >= 0.3 is 0 Å². The van der Waals surface area contributed by atoms with Crippen molar-refractivity contribution in [2.75, 3.05) is 27.7 Å². The van der Waals surface area contributed by atoms with Gasteiger partial charge in [-0.25, -0.2) is 0 Å². The van der Waals surface area contributed by atoms with E-state index in [1.807, 2.05) is 6.08 Å². The van der Waals surface area contributed by atoms with E-state index in [0.717, 1.165) is 11.0 Å². The van der Waals surface area contributed by atoms with Crippen LogP contribution in [0.4, 0.5) is 0 Å². The Hall–Kier alpha value is -0.0100. The molecular weight excluding hydrogens is 122 g/mol. The van der Waals surface area contributed by atoms with E-state index in [1.165, 1.54) is 0 Å². The SMILES string of the molecule is C=CC[N+](C)(C)C.[Cl-]. The van der Waals surface area contributed by atoms with Gasteiger partial charge in [0, 0.05) is 0 Å². The van der Waals surface area contributed by atoms with Gasteiger partial charge in [0.1, 0.15) is 0 Å². The highest BCUT2D eigenvalue weighted by molar-refractivity contribution is 4.63. The molecule has 0 unspecified atom stereocenters. The highest BCUT2D eigenvalue weighted by atomic mass is 35.5. The predicted molar refractivity (Wildman–Crippen MR) is 33.1 cm³/mol. The minimum atomic E-state index is 0. The van der Waals surface area contributed by atoms with Gasteiger partial charge in [0.05, 0.1) is 27.7 Å². The van der Waals surface area contributed by atoms with Gasteiger partial charge in [-0.15, -0.1) is 0 Å². The molecule has 0 aromatic heterocycles. The van der Waals surface area contributed by atoms with Crippen molar-refractivity contribution in [2.45, 2.75) is 0 Å². The Morgan fingerprint density at radius 2 is 1.75 bits per heavy atom. The molecule has 1 nitrogen and oxygen atoms in total. The molecule has 0 saturated heterocycles. The topological polar surface area (TPSA) is 0 Å². The molecule has 0 fully saturated rings. The van der Waals surface area contributed by atoms with Crippen LogP contribution in [-0.2, 0) is 0 Å². The molecule has 0 rings (SSSR count). The Bertz CT molecular complexity index is 63.4. The van der Waals surface area contributed by atoms with E-state index in [-0.39, 0.29) is 12.4 Å². The molecular formula is C6H14ClN. The molecule has 0 aliphatic carbocycles. The Kier molecular flexibility index (Phi) is 5.34. The molecule has 0 aromatic rings. The molecule has 0 radical (unpaired) electrons. The zero-order valence-electron chi connectivity index (χ0n) is 5.82. The maximum absolute atomic E-state index is 3.63. The maximum atomic E-state index is 3.63. The number of quaternary nitrogens is 1. The molecule has 0 N–H and O–H groups in total. The summed E-state index contributed by atoms with van der Waals surface area (Å²) < 4.78 is 0.976. The summed E-state index contributed by atoms with van der Waals surface area (Å²) in [5.74, 6) is 0. The van der Waals surface area contributed by atoms with Crippen LogP contribution in [-0.4, -0.2) is 32.2 Å². The van der Waals surface area contributed by atoms with Crippen molar-refractivity contribution in [2.24, 2.45) is 0 Å². The highest BCUT2D eigenvalue weighted by Gasteiger charge is 1.99. The van der Waals surface area contributed by atoms with Gasteiger partial charge in [0.2, 0.25) is 0 Å². The summed E-state index contributed by atoms with van der Waals surface area (Å²) in [6.45, 7) is 4.67. The zero-order chi connectivity index (χ0) is 5.91. The molecule has 0 spiro atoms. The molecule has 50 valence electrons. The summed E-state index contributed by atoms with van der Waals surface area (Å²) in [4.78, 5) is 0. The average molecular weight is 136 g/mol. The smallest absolute Gasteiger partial charge is 0.0964 e. The van der Waals surface area contributed by atoms with Gasteiger partial charge in [-0.3, -0.25) is 0 Å². The van der Waals surface area contributed by atoms with Crippen LogP contribution in [0.5, 0.6) is 0 Å². The highest BCUT2D eigenvalue weighted by Crippen LogP contribution is 1.86. The van der Waals surface area contributed by atoms with E-state index in [9.17, 15) is 0 Å². The van der Waals surface area contributed by atoms with Crippen molar-refractivity contribution < 1.29 is 16.9 Å². The van der Waals surface area contributed by atoms with Crippen LogP contribution in [0.3, 0.4) is 0 Å². The quantitative estimate of drug-likeness (QED) is 0.300. The third kappa shape index (κ3) is 9.37. The minimum Gasteiger partial charge on any atom is -1.00 e. The van der Waals surface area contributed by atoms with Crippen molar-refractivity contribution in [3.05, 3.63) is 12.7 Å². The second-order valence-corrected chi connectivity index (χ2v) is 2.76. The zero-order valence-corrected chi connectivity index (χ0v) is 6.57. The molecule has 0 atom stereocenters. The summed E-state index contributed by atoms with van der Waals surface area (Å²) in [6, 6.07) is 0. The van der Waals surface area contributed by atoms with E-state index < -0.39 is 0 Å². The lowest BCUT2D eigenvalue weighted by Crippen LogP contribution is -3.00. The van der Waals surface area contributed by atoms with Gasteiger partial charge in [-0.05, 0) is 6.08 Å². The molecule has 0 aliphatic rings. The Balaban J connectivity index is 0. The Morgan fingerprint density at radius 1 is 1.38 bits per heavy atom. The lowest BCUT2D eigenvalue weighted by Gasteiger charge is -2.21. The van der Waals surface area contributed by atoms with Crippen LogP contribution in [0, 0.1) is 0 Å². The van der Waals surface area contributed by atoms with Crippen LogP contribution in [0.25, 0.3) is 0 Å². The molecule has 0 aromatic carbocycles. The summed E-state index contributed by atoms with van der Waals surface area (Å²) in [7, 11) is 6.42. The first-order valence-electron chi connectivity index (χ1n) is 2.47. The second-order valence-electron chi connectivity index (χ2n) is 2.76. The van der Waals surface area contributed by atoms with Crippen molar-refractivity contribution in [3.8, 4) is 0 Å². The first kappa shape index (κ1) is 10.9. The van der Waals surface area contributed by atoms with Crippen molar-refractivity contribution in [1.82, 2.24) is 0 Å². The number of rotatable bonds is 2. The van der Waals surface area contributed by atoms with Gasteiger partial charge in [0.25, 0.3) is 0 Å². The van der Waals surface area contributed by atoms with E-state index in [2.05, 4.69) is 27.7 Å². The number of halogens is 1. The monoisotopic (exact) mass is 135 g/mol. The molecule has 0 bridgehead atoms. The standard InChI is InChI=1S/C6H14N.ClH/c1-5-6-7(2,3)4;/h5H,1,6H2,2-4H3;1H/q+1;/p-1. The van der Waals surface area contributed by atoms with Gasteiger partial charge in [-0.1, -0.05) is 6.58 Å². The fraction of sp³-hybridized carbons (Fsp3) is 0.667. The summed E-state index contributed by atoms with van der Waals surface area (Å²) in [6.07, 6.45) is 1.93. The van der Waals surface area contributed by atoms with E-state index in [0.29, 0.717) is 0 Å². The average Bonchev–Trinajstić information content (AvgIpc) is 1.30. The van der Waals surface area contributed by atoms with Crippen molar-refractivity contribution in [3.63, 3.8) is 0 Å². The van der Waals surface area contributed by atoms with Gasteiger partial charge < -0.3 is 16.9 Å². The largest absolute Gasteiger partial charge is 1.00 e. The van der Waals surface area contributed by atoms with Gasteiger partial charge in [0.15, 0.2) is 0 Å². The lowest BCUT2D eigenvalue weighted by molar-refractivity contribution is -0.864. The minimum absolute atomic E-state index is 0. The molecule has 0 saturated carbocycles. The predicted octanol–water partition coefficient (Wildman–Crippen LogP) is -2.12. The summed E-state index contributed by atoms with van der Waals surface area (Å²) in [5, 5.41) is 0. The first-order valence-corrected chi connectivity index (χ1v) is 2.47. The van der Waals surface area contributed by atoms with Crippen LogP contribution < -0.4 is 12.4 Å². The number of likely N-dealkylation sites (N-methyl/N-ethyl adjacent to an activating group) is 1. The summed E-state index contributed by atoms with van der Waals surface area (Å²) >= 11 is 0. The van der Waals surface area contributed by atoms with Crippen LogP contribution in [0.1, 0.15) is 0 Å². The van der Waals surface area contributed by atoms with E-state index >= 15 is 0 Å². The molecule has 8 heavy (non-hydrogen) atoms. The number of hydrogen-bond acceptors (Lipinski definition) is 0. The fourth-order valence-corrected chi connectivity index (χ4v) is 0.387. The van der Waals surface area contributed by atoms with Crippen molar-refractivity contribution >= 4 is 0 Å². The second kappa shape index (κ2) is 3.93. The van der Waals surface area contributed by atoms with Crippen LogP contribution in [0.15, 0.2) is 12.7 Å². The fourth-order valence-electron chi connectivity index (χ4n) is 0.387. The van der Waals surface area contributed by atoms with Crippen LogP contribution in [0.2, 0.25) is 0 Å². The van der Waals surface area contributed by atoms with Gasteiger partial charge in [-0.2, -0.15) is 0 Å². The molecule has 0 heterocycles. The molecule has 0 aliphatic heterocycles. The third-order valence-corrected chi connectivity index (χ3v) is 0.677. The van der Waals surface area contributed by atoms with Crippen molar-refractivity contribution in [1.29, 1.82) is 0 Å². The maximum Gasteiger partial charge on any atom is 0.0964 e. The number of nitrogens with zero attached hydrogens (tertiary/aromatic N) is 1. The summed E-state index contributed by atoms with van der Waals surface area (Å²) in [5.41, 5.74) is 0.